The molecular weight excluding hydrogens is 177 g/mol. The molecule has 1 fully saturated rings. The van der Waals surface area contributed by atoms with E-state index in [0.29, 0.717) is 0 Å². The number of halogens is 1. The van der Waals surface area contributed by atoms with Gasteiger partial charge >= 0.3 is 0 Å². The molecule has 74 valence electrons. The Morgan fingerprint density at radius 3 is 3.21 bits per heavy atom. The molecule has 2 bridgehead atoms. The second kappa shape index (κ2) is 2.97. The molecule has 0 saturated carbocycles. The molecular formula is C12H14FN. The summed E-state index contributed by atoms with van der Waals surface area (Å²) in [6.07, 6.45) is 3.68. The van der Waals surface area contributed by atoms with E-state index in [2.05, 4.69) is 4.90 Å². The van der Waals surface area contributed by atoms with Crippen LogP contribution in [0.3, 0.4) is 0 Å². The van der Waals surface area contributed by atoms with Crippen molar-refractivity contribution in [1.29, 1.82) is 0 Å². The summed E-state index contributed by atoms with van der Waals surface area (Å²) in [6, 6.07) is 5.22. The molecule has 2 aliphatic heterocycles. The fourth-order valence-corrected chi connectivity index (χ4v) is 2.79. The van der Waals surface area contributed by atoms with E-state index < -0.39 is 0 Å². The average Bonchev–Trinajstić information content (AvgIpc) is 2.17. The van der Waals surface area contributed by atoms with Crippen LogP contribution >= 0.6 is 0 Å². The zero-order chi connectivity index (χ0) is 9.54. The van der Waals surface area contributed by atoms with E-state index in [1.54, 1.807) is 12.1 Å². The molecule has 1 nitrogen and oxygen atoms in total. The Hall–Kier alpha value is -1.05. The zero-order valence-corrected chi connectivity index (χ0v) is 8.17. The number of anilines is 1. The van der Waals surface area contributed by atoms with Gasteiger partial charge in [-0.05, 0) is 48.9 Å². The van der Waals surface area contributed by atoms with Gasteiger partial charge < -0.3 is 4.90 Å². The Labute approximate surface area is 83.5 Å². The largest absolute Gasteiger partial charge is 0.371 e. The van der Waals surface area contributed by atoms with Crippen molar-refractivity contribution in [1.82, 2.24) is 0 Å². The van der Waals surface area contributed by atoms with Gasteiger partial charge in [0.25, 0.3) is 0 Å². The molecule has 0 spiro atoms. The van der Waals surface area contributed by atoms with Gasteiger partial charge in [-0.2, -0.15) is 0 Å². The van der Waals surface area contributed by atoms with Crippen molar-refractivity contribution in [3.05, 3.63) is 29.6 Å². The number of rotatable bonds is 0. The molecule has 3 rings (SSSR count). The van der Waals surface area contributed by atoms with Crippen molar-refractivity contribution >= 4 is 5.69 Å². The second-order valence-electron chi connectivity index (χ2n) is 4.43. The first-order valence-electron chi connectivity index (χ1n) is 5.36. The number of hydrogen-bond donors (Lipinski definition) is 0. The molecule has 1 saturated heterocycles. The third-order valence-electron chi connectivity index (χ3n) is 3.41. The first-order valence-corrected chi connectivity index (χ1v) is 5.36. The number of benzene rings is 1. The van der Waals surface area contributed by atoms with Gasteiger partial charge in [0.15, 0.2) is 0 Å². The predicted molar refractivity (Wildman–Crippen MR) is 55.0 cm³/mol. The molecule has 0 aromatic heterocycles. The monoisotopic (exact) mass is 191 g/mol. The molecule has 2 aliphatic rings. The van der Waals surface area contributed by atoms with Crippen molar-refractivity contribution in [3.63, 3.8) is 0 Å². The van der Waals surface area contributed by atoms with Crippen LogP contribution in [0.15, 0.2) is 18.2 Å². The van der Waals surface area contributed by atoms with Gasteiger partial charge in [-0.1, -0.05) is 0 Å². The van der Waals surface area contributed by atoms with Crippen LogP contribution < -0.4 is 4.90 Å². The fourth-order valence-electron chi connectivity index (χ4n) is 2.79. The first-order chi connectivity index (χ1) is 6.83. The first kappa shape index (κ1) is 8.27. The number of nitrogens with zero attached hydrogens (tertiary/aromatic N) is 1. The number of hydrogen-bond acceptors (Lipinski definition) is 1. The van der Waals surface area contributed by atoms with Crippen LogP contribution in [0.4, 0.5) is 10.1 Å². The maximum absolute atomic E-state index is 13.1. The highest BCUT2D eigenvalue weighted by molar-refractivity contribution is 5.56. The summed E-state index contributed by atoms with van der Waals surface area (Å²) in [5.74, 6) is 0.669. The Morgan fingerprint density at radius 2 is 2.29 bits per heavy atom. The van der Waals surface area contributed by atoms with Gasteiger partial charge in [0.05, 0.1) is 0 Å². The lowest BCUT2D eigenvalue weighted by atomic mass is 9.86. The predicted octanol–water partition coefficient (Wildman–Crippen LogP) is 2.60. The molecule has 0 N–H and O–H groups in total. The molecule has 1 unspecified atom stereocenters. The molecule has 14 heavy (non-hydrogen) atoms. The van der Waals surface area contributed by atoms with E-state index in [1.807, 2.05) is 6.07 Å². The molecule has 1 aromatic carbocycles. The summed E-state index contributed by atoms with van der Waals surface area (Å²) >= 11 is 0. The summed E-state index contributed by atoms with van der Waals surface area (Å²) in [7, 11) is 0. The maximum Gasteiger partial charge on any atom is 0.123 e. The van der Waals surface area contributed by atoms with Gasteiger partial charge in [-0.25, -0.2) is 4.39 Å². The zero-order valence-electron chi connectivity index (χ0n) is 8.17. The topological polar surface area (TPSA) is 3.24 Å². The van der Waals surface area contributed by atoms with Crippen LogP contribution in [0.2, 0.25) is 0 Å². The summed E-state index contributed by atoms with van der Waals surface area (Å²) in [5, 5.41) is 0. The number of fused-ring (bicyclic) bond motifs is 4. The van der Waals surface area contributed by atoms with Gasteiger partial charge in [0.1, 0.15) is 5.82 Å². The third kappa shape index (κ3) is 1.21. The smallest absolute Gasteiger partial charge is 0.123 e. The van der Waals surface area contributed by atoms with E-state index in [0.717, 1.165) is 18.9 Å². The van der Waals surface area contributed by atoms with Crippen molar-refractivity contribution in [2.24, 2.45) is 5.92 Å². The maximum atomic E-state index is 13.1. The molecule has 0 aliphatic carbocycles. The van der Waals surface area contributed by atoms with Gasteiger partial charge in [0.2, 0.25) is 0 Å². The summed E-state index contributed by atoms with van der Waals surface area (Å²) in [5.41, 5.74) is 2.48. The SMILES string of the molecule is Fc1ccc2c(c1)CC1CCCN2C1. The van der Waals surface area contributed by atoms with Crippen LogP contribution in [0.25, 0.3) is 0 Å². The second-order valence-corrected chi connectivity index (χ2v) is 4.43. The molecule has 1 atom stereocenters. The van der Waals surface area contributed by atoms with Gasteiger partial charge in [-0.3, -0.25) is 0 Å². The molecule has 0 amide bonds. The van der Waals surface area contributed by atoms with Crippen LogP contribution in [0.1, 0.15) is 18.4 Å². The van der Waals surface area contributed by atoms with E-state index in [1.165, 1.54) is 30.6 Å². The summed E-state index contributed by atoms with van der Waals surface area (Å²) in [6.45, 7) is 2.33. The van der Waals surface area contributed by atoms with E-state index in [4.69, 9.17) is 0 Å². The van der Waals surface area contributed by atoms with Crippen molar-refractivity contribution < 1.29 is 4.39 Å². The molecule has 2 heteroatoms. The Balaban J connectivity index is 2.06. The Kier molecular flexibility index (Phi) is 1.76. The number of piperidine rings is 1. The lowest BCUT2D eigenvalue weighted by molar-refractivity contribution is 0.395. The normalized spacial score (nSPS) is 24.6. The fraction of sp³-hybridized carbons (Fsp3) is 0.500. The van der Waals surface area contributed by atoms with Crippen molar-refractivity contribution in [2.75, 3.05) is 18.0 Å². The Bertz CT molecular complexity index is 361. The average molecular weight is 191 g/mol. The summed E-state index contributed by atoms with van der Waals surface area (Å²) in [4.78, 5) is 2.41. The van der Waals surface area contributed by atoms with E-state index in [9.17, 15) is 4.39 Å². The van der Waals surface area contributed by atoms with Crippen LogP contribution in [0.5, 0.6) is 0 Å². The lowest BCUT2D eigenvalue weighted by Gasteiger charge is -2.40. The quantitative estimate of drug-likeness (QED) is 0.609. The van der Waals surface area contributed by atoms with Crippen LogP contribution in [-0.2, 0) is 6.42 Å². The minimum Gasteiger partial charge on any atom is -0.371 e. The van der Waals surface area contributed by atoms with Crippen molar-refractivity contribution in [3.8, 4) is 0 Å². The van der Waals surface area contributed by atoms with Gasteiger partial charge in [0, 0.05) is 18.8 Å². The molecule has 1 aromatic rings. The minimum atomic E-state index is -0.0927. The van der Waals surface area contributed by atoms with Crippen LogP contribution in [-0.4, -0.2) is 13.1 Å². The van der Waals surface area contributed by atoms with Crippen molar-refractivity contribution in [2.45, 2.75) is 19.3 Å². The highest BCUT2D eigenvalue weighted by atomic mass is 19.1. The highest BCUT2D eigenvalue weighted by Gasteiger charge is 2.27. The highest BCUT2D eigenvalue weighted by Crippen LogP contribution is 2.35. The van der Waals surface area contributed by atoms with Crippen LogP contribution in [0, 0.1) is 11.7 Å². The summed E-state index contributed by atoms with van der Waals surface area (Å²) < 4.78 is 13.1. The Morgan fingerprint density at radius 1 is 1.36 bits per heavy atom. The minimum absolute atomic E-state index is 0.0927. The third-order valence-corrected chi connectivity index (χ3v) is 3.41. The molecule has 2 heterocycles. The molecule has 0 radical (unpaired) electrons. The standard InChI is InChI=1S/C12H14FN/c13-11-3-4-12-10(7-11)6-9-2-1-5-14(12)8-9/h3-4,7,9H,1-2,5-6,8H2. The van der Waals surface area contributed by atoms with E-state index in [-0.39, 0.29) is 5.82 Å². The lowest BCUT2D eigenvalue weighted by Crippen LogP contribution is -2.40. The van der Waals surface area contributed by atoms with E-state index >= 15 is 0 Å². The van der Waals surface area contributed by atoms with Gasteiger partial charge in [-0.15, -0.1) is 0 Å².